The molecule has 2 amide bonds. The third kappa shape index (κ3) is 3.66. The molecule has 5 heteroatoms. The lowest BCUT2D eigenvalue weighted by atomic mass is 9.93. The third-order valence-electron chi connectivity index (χ3n) is 5.41. The fraction of sp³-hybridized carbons (Fsp3) is 0.200. The van der Waals surface area contributed by atoms with Crippen LogP contribution in [0.25, 0.3) is 11.1 Å². The Morgan fingerprint density at radius 1 is 0.967 bits per heavy atom. The Morgan fingerprint density at radius 3 is 2.30 bits per heavy atom. The number of para-hydroxylation sites is 1. The second-order valence-corrected chi connectivity index (χ2v) is 7.34. The molecule has 0 aliphatic carbocycles. The largest absolute Gasteiger partial charge is 0.496 e. The zero-order chi connectivity index (χ0) is 21.1. The number of carbonyl (C=O) groups is 1. The number of urea groups is 1. The normalized spacial score (nSPS) is 15.6. The number of hydrazone groups is 1. The fourth-order valence-electron chi connectivity index (χ4n) is 3.86. The van der Waals surface area contributed by atoms with Crippen LogP contribution in [0, 0.1) is 0 Å². The molecule has 1 heterocycles. The SMILES string of the molecule is CNC(=O)N1N=C(c2ccc(-c3ccccc3OC)cc2)c2ccccc2CC1C. The lowest BCUT2D eigenvalue weighted by molar-refractivity contribution is 0.184. The number of nitrogens with zero attached hydrogens (tertiary/aromatic N) is 2. The van der Waals surface area contributed by atoms with Gasteiger partial charge in [0, 0.05) is 23.7 Å². The zero-order valence-corrected chi connectivity index (χ0v) is 17.4. The molecule has 152 valence electrons. The van der Waals surface area contributed by atoms with Gasteiger partial charge in [-0.15, -0.1) is 0 Å². The standard InChI is InChI=1S/C25H25N3O2/c1-17-16-20-8-4-5-10-22(20)24(27-28(17)25(29)26-2)19-14-12-18(13-15-19)21-9-6-7-11-23(21)30-3/h4-15,17H,16H2,1-3H3,(H,26,29). The number of nitrogens with one attached hydrogen (secondary N) is 1. The van der Waals surface area contributed by atoms with E-state index in [0.29, 0.717) is 0 Å². The first-order valence-electron chi connectivity index (χ1n) is 10.0. The molecule has 0 saturated carbocycles. The quantitative estimate of drug-likeness (QED) is 0.694. The Morgan fingerprint density at radius 2 is 1.60 bits per heavy atom. The number of amides is 2. The van der Waals surface area contributed by atoms with Crippen molar-refractivity contribution in [2.45, 2.75) is 19.4 Å². The predicted molar refractivity (Wildman–Crippen MR) is 120 cm³/mol. The summed E-state index contributed by atoms with van der Waals surface area (Å²) >= 11 is 0. The van der Waals surface area contributed by atoms with Gasteiger partial charge in [0.05, 0.1) is 18.9 Å². The van der Waals surface area contributed by atoms with Gasteiger partial charge in [0.2, 0.25) is 0 Å². The molecule has 0 radical (unpaired) electrons. The average Bonchev–Trinajstić information content (AvgIpc) is 2.94. The van der Waals surface area contributed by atoms with Crippen LogP contribution in [-0.4, -0.2) is 37.0 Å². The fourth-order valence-corrected chi connectivity index (χ4v) is 3.86. The molecule has 0 aromatic heterocycles. The molecule has 5 nitrogen and oxygen atoms in total. The van der Waals surface area contributed by atoms with Crippen molar-refractivity contribution in [3.05, 3.63) is 89.5 Å². The molecule has 30 heavy (non-hydrogen) atoms. The van der Waals surface area contributed by atoms with Gasteiger partial charge in [-0.1, -0.05) is 66.7 Å². The van der Waals surface area contributed by atoms with E-state index in [0.717, 1.165) is 40.1 Å². The molecule has 0 spiro atoms. The Labute approximate surface area is 177 Å². The van der Waals surface area contributed by atoms with Gasteiger partial charge in [-0.05, 0) is 30.5 Å². The monoisotopic (exact) mass is 399 g/mol. The van der Waals surface area contributed by atoms with E-state index in [1.165, 1.54) is 5.56 Å². The molecule has 1 N–H and O–H groups in total. The summed E-state index contributed by atoms with van der Waals surface area (Å²) in [7, 11) is 3.31. The molecular formula is C25H25N3O2. The number of carbonyl (C=O) groups excluding carboxylic acids is 1. The second-order valence-electron chi connectivity index (χ2n) is 7.34. The van der Waals surface area contributed by atoms with E-state index in [1.54, 1.807) is 19.2 Å². The van der Waals surface area contributed by atoms with Gasteiger partial charge in [0.25, 0.3) is 0 Å². The predicted octanol–water partition coefficient (Wildman–Crippen LogP) is 4.70. The van der Waals surface area contributed by atoms with E-state index in [4.69, 9.17) is 9.84 Å². The highest BCUT2D eigenvalue weighted by atomic mass is 16.5. The van der Waals surface area contributed by atoms with Crippen LogP contribution in [-0.2, 0) is 6.42 Å². The lowest BCUT2D eigenvalue weighted by Gasteiger charge is -2.22. The number of rotatable bonds is 3. The van der Waals surface area contributed by atoms with E-state index in [2.05, 4.69) is 41.7 Å². The van der Waals surface area contributed by atoms with Crippen molar-refractivity contribution in [2.24, 2.45) is 5.10 Å². The van der Waals surface area contributed by atoms with Crippen LogP contribution < -0.4 is 10.1 Å². The van der Waals surface area contributed by atoms with E-state index in [1.807, 2.05) is 43.3 Å². The minimum Gasteiger partial charge on any atom is -0.496 e. The van der Waals surface area contributed by atoms with Gasteiger partial charge in [-0.25, -0.2) is 9.80 Å². The van der Waals surface area contributed by atoms with Crippen molar-refractivity contribution in [2.75, 3.05) is 14.2 Å². The van der Waals surface area contributed by atoms with E-state index < -0.39 is 0 Å². The second kappa shape index (κ2) is 8.41. The topological polar surface area (TPSA) is 53.9 Å². The van der Waals surface area contributed by atoms with Crippen LogP contribution in [0.4, 0.5) is 4.79 Å². The highest BCUT2D eigenvalue weighted by molar-refractivity contribution is 6.14. The van der Waals surface area contributed by atoms with Gasteiger partial charge in [0.15, 0.2) is 0 Å². The number of methoxy groups -OCH3 is 1. The number of benzene rings is 3. The highest BCUT2D eigenvalue weighted by Gasteiger charge is 2.26. The van der Waals surface area contributed by atoms with Crippen molar-refractivity contribution < 1.29 is 9.53 Å². The van der Waals surface area contributed by atoms with Crippen LogP contribution in [0.1, 0.15) is 23.6 Å². The molecule has 1 aliphatic heterocycles. The van der Waals surface area contributed by atoms with Gasteiger partial charge in [0.1, 0.15) is 5.75 Å². The molecule has 0 bridgehead atoms. The van der Waals surface area contributed by atoms with E-state index in [9.17, 15) is 4.79 Å². The first-order chi connectivity index (χ1) is 14.6. The Hall–Kier alpha value is -3.60. The summed E-state index contributed by atoms with van der Waals surface area (Å²) in [6.07, 6.45) is 0.746. The summed E-state index contributed by atoms with van der Waals surface area (Å²) in [5.74, 6) is 0.835. The van der Waals surface area contributed by atoms with Crippen molar-refractivity contribution >= 4 is 11.7 Å². The first kappa shape index (κ1) is 19.7. The van der Waals surface area contributed by atoms with Crippen LogP contribution in [0.2, 0.25) is 0 Å². The molecule has 3 aromatic carbocycles. The number of hydrogen-bond acceptors (Lipinski definition) is 3. The molecule has 1 unspecified atom stereocenters. The number of fused-ring (bicyclic) bond motifs is 1. The number of ether oxygens (including phenoxy) is 1. The summed E-state index contributed by atoms with van der Waals surface area (Å²) in [6.45, 7) is 2.02. The smallest absolute Gasteiger partial charge is 0.337 e. The Balaban J connectivity index is 1.79. The summed E-state index contributed by atoms with van der Waals surface area (Å²) < 4.78 is 5.50. The molecule has 1 atom stereocenters. The third-order valence-corrected chi connectivity index (χ3v) is 5.41. The summed E-state index contributed by atoms with van der Waals surface area (Å²) in [6, 6.07) is 24.2. The van der Waals surface area contributed by atoms with E-state index >= 15 is 0 Å². The zero-order valence-electron chi connectivity index (χ0n) is 17.4. The van der Waals surface area contributed by atoms with Gasteiger partial charge in [-0.3, -0.25) is 0 Å². The van der Waals surface area contributed by atoms with Crippen molar-refractivity contribution in [1.29, 1.82) is 0 Å². The first-order valence-corrected chi connectivity index (χ1v) is 10.0. The molecule has 1 aliphatic rings. The molecule has 3 aromatic rings. The summed E-state index contributed by atoms with van der Waals surface area (Å²) in [5.41, 5.74) is 6.10. The lowest BCUT2D eigenvalue weighted by Crippen LogP contribution is -2.41. The Kier molecular flexibility index (Phi) is 5.53. The molecular weight excluding hydrogens is 374 g/mol. The summed E-state index contributed by atoms with van der Waals surface area (Å²) in [4.78, 5) is 12.5. The van der Waals surface area contributed by atoms with Crippen molar-refractivity contribution in [3.63, 3.8) is 0 Å². The maximum absolute atomic E-state index is 12.5. The maximum atomic E-state index is 12.5. The van der Waals surface area contributed by atoms with Crippen LogP contribution in [0.15, 0.2) is 77.9 Å². The molecule has 0 fully saturated rings. The van der Waals surface area contributed by atoms with Crippen LogP contribution in [0.3, 0.4) is 0 Å². The van der Waals surface area contributed by atoms with Crippen molar-refractivity contribution in [3.8, 4) is 16.9 Å². The maximum Gasteiger partial charge on any atom is 0.337 e. The van der Waals surface area contributed by atoms with Gasteiger partial charge < -0.3 is 10.1 Å². The van der Waals surface area contributed by atoms with Gasteiger partial charge in [-0.2, -0.15) is 5.10 Å². The van der Waals surface area contributed by atoms with Crippen LogP contribution >= 0.6 is 0 Å². The minimum absolute atomic E-state index is 0.0450. The van der Waals surface area contributed by atoms with Crippen LogP contribution in [0.5, 0.6) is 5.75 Å². The molecule has 4 rings (SSSR count). The Bertz CT molecular complexity index is 1090. The highest BCUT2D eigenvalue weighted by Crippen LogP contribution is 2.30. The number of hydrogen-bond donors (Lipinski definition) is 1. The molecule has 0 saturated heterocycles. The van der Waals surface area contributed by atoms with Crippen molar-refractivity contribution in [1.82, 2.24) is 10.3 Å². The van der Waals surface area contributed by atoms with E-state index in [-0.39, 0.29) is 12.1 Å². The summed E-state index contributed by atoms with van der Waals surface area (Å²) in [5, 5.41) is 9.03. The van der Waals surface area contributed by atoms with Gasteiger partial charge >= 0.3 is 6.03 Å². The minimum atomic E-state index is -0.210. The average molecular weight is 399 g/mol.